The maximum atomic E-state index is 13.0. The van der Waals surface area contributed by atoms with E-state index in [0.29, 0.717) is 24.1 Å². The van der Waals surface area contributed by atoms with E-state index in [4.69, 9.17) is 25.0 Å². The minimum Gasteiger partial charge on any atom is -0.449 e. The van der Waals surface area contributed by atoms with Crippen LogP contribution in [-0.4, -0.2) is 65.4 Å². The van der Waals surface area contributed by atoms with Gasteiger partial charge in [-0.05, 0) is 51.1 Å². The largest absolute Gasteiger partial charge is 0.449 e. The van der Waals surface area contributed by atoms with Crippen LogP contribution in [-0.2, 0) is 30.4 Å². The minimum absolute atomic E-state index is 0.0457. The Labute approximate surface area is 265 Å². The monoisotopic (exact) mass is 651 g/mol. The van der Waals surface area contributed by atoms with E-state index >= 15 is 0 Å². The first-order chi connectivity index (χ1) is 20.6. The first-order valence-electron chi connectivity index (χ1n) is 13.8. The van der Waals surface area contributed by atoms with Crippen molar-refractivity contribution in [1.29, 1.82) is 5.26 Å². The molecule has 0 unspecified atom stereocenters. The van der Waals surface area contributed by atoms with E-state index in [1.165, 1.54) is 10.8 Å². The van der Waals surface area contributed by atoms with Gasteiger partial charge in [0.15, 0.2) is 6.61 Å². The zero-order valence-corrected chi connectivity index (χ0v) is 27.5. The zero-order valence-electron chi connectivity index (χ0n) is 25.9. The van der Waals surface area contributed by atoms with Crippen molar-refractivity contribution in [2.45, 2.75) is 89.8 Å². The first-order valence-corrected chi connectivity index (χ1v) is 16.1. The van der Waals surface area contributed by atoms with E-state index in [2.05, 4.69) is 26.0 Å². The molecule has 0 fully saturated rings. The first kappa shape index (κ1) is 38.2. The van der Waals surface area contributed by atoms with Crippen molar-refractivity contribution in [2.24, 2.45) is 5.11 Å². The van der Waals surface area contributed by atoms with Crippen molar-refractivity contribution in [1.82, 2.24) is 16.0 Å². The molecular formula is C28H41N7O7S2. The normalized spacial score (nSPS) is 12.4. The standard InChI is InChI=1S/C28H41N7O7S2/c1-27(2,3)42-26(39)32-21(24(37)40-16-14-29)9-7-8-15-31-23(36)22(18-43-44-28(4,5)6)33-25(38)41-17-19-10-12-20(13-11-19)34-35-30/h10-13,21-22H,7-9,15-18H2,1-6H3,(H,31,36)(H,32,39)(H,33,38)/t21-,22-/m0/s1. The molecule has 2 atom stereocenters. The van der Waals surface area contributed by atoms with Crippen LogP contribution >= 0.6 is 21.6 Å². The van der Waals surface area contributed by atoms with Gasteiger partial charge in [0, 0.05) is 27.6 Å². The molecule has 0 aromatic heterocycles. The summed E-state index contributed by atoms with van der Waals surface area (Å²) >= 11 is 0. The number of hydrogen-bond donors (Lipinski definition) is 3. The number of esters is 1. The number of azide groups is 1. The number of carbonyl (C=O) groups excluding carboxylic acids is 4. The Bertz CT molecular complexity index is 1190. The second kappa shape index (κ2) is 19.5. The van der Waals surface area contributed by atoms with E-state index < -0.39 is 48.4 Å². The molecule has 0 aliphatic carbocycles. The molecule has 44 heavy (non-hydrogen) atoms. The van der Waals surface area contributed by atoms with Crippen molar-refractivity contribution in [3.63, 3.8) is 0 Å². The van der Waals surface area contributed by atoms with Crippen LogP contribution in [0, 0.1) is 11.3 Å². The lowest BCUT2D eigenvalue weighted by Gasteiger charge is -2.23. The van der Waals surface area contributed by atoms with Crippen LogP contribution in [0.1, 0.15) is 66.4 Å². The molecule has 3 amide bonds. The summed E-state index contributed by atoms with van der Waals surface area (Å²) in [7, 11) is 3.02. The van der Waals surface area contributed by atoms with Crippen LogP contribution in [0.5, 0.6) is 0 Å². The van der Waals surface area contributed by atoms with Crippen molar-refractivity contribution in [3.05, 3.63) is 40.3 Å². The average Bonchev–Trinajstić information content (AvgIpc) is 2.92. The Balaban J connectivity index is 2.68. The van der Waals surface area contributed by atoms with Gasteiger partial charge in [-0.25, -0.2) is 14.4 Å². The number of alkyl carbamates (subject to hydrolysis) is 2. The van der Waals surface area contributed by atoms with Crippen LogP contribution in [0.4, 0.5) is 15.3 Å². The maximum absolute atomic E-state index is 13.0. The Hall–Kier alpha value is -3.80. The van der Waals surface area contributed by atoms with Crippen LogP contribution in [0.25, 0.3) is 10.4 Å². The molecule has 0 aliphatic heterocycles. The lowest BCUT2D eigenvalue weighted by molar-refractivity contribution is -0.145. The van der Waals surface area contributed by atoms with Gasteiger partial charge in [0.2, 0.25) is 5.91 Å². The average molecular weight is 652 g/mol. The van der Waals surface area contributed by atoms with E-state index in [9.17, 15) is 19.2 Å². The third-order valence-corrected chi connectivity index (χ3v) is 8.44. The lowest BCUT2D eigenvalue weighted by Crippen LogP contribution is -2.48. The summed E-state index contributed by atoms with van der Waals surface area (Å²) in [5, 5.41) is 20.1. The number of unbranched alkanes of at least 4 members (excludes halogenated alkanes) is 1. The quantitative estimate of drug-likeness (QED) is 0.0381. The Kier molecular flexibility index (Phi) is 16.9. The highest BCUT2D eigenvalue weighted by Crippen LogP contribution is 2.35. The molecular weight excluding hydrogens is 610 g/mol. The van der Waals surface area contributed by atoms with Gasteiger partial charge in [-0.2, -0.15) is 5.26 Å². The number of nitrogens with zero attached hydrogens (tertiary/aromatic N) is 4. The number of nitriles is 1. The van der Waals surface area contributed by atoms with Gasteiger partial charge in [-0.1, -0.05) is 71.7 Å². The summed E-state index contributed by atoms with van der Waals surface area (Å²) in [6, 6.07) is 6.32. The molecule has 242 valence electrons. The Morgan fingerprint density at radius 2 is 1.66 bits per heavy atom. The minimum atomic E-state index is -1.03. The second-order valence-electron chi connectivity index (χ2n) is 11.4. The predicted molar refractivity (Wildman–Crippen MR) is 169 cm³/mol. The maximum Gasteiger partial charge on any atom is 0.408 e. The summed E-state index contributed by atoms with van der Waals surface area (Å²) in [4.78, 5) is 52.7. The molecule has 3 N–H and O–H groups in total. The number of ether oxygens (including phenoxy) is 3. The molecule has 0 saturated carbocycles. The summed E-state index contributed by atoms with van der Waals surface area (Å²) < 4.78 is 15.3. The number of nitrogens with one attached hydrogen (secondary N) is 3. The summed E-state index contributed by atoms with van der Waals surface area (Å²) in [5.41, 5.74) is 8.84. The van der Waals surface area contributed by atoms with Crippen LogP contribution in [0.2, 0.25) is 0 Å². The van der Waals surface area contributed by atoms with E-state index in [-0.39, 0.29) is 30.1 Å². The Morgan fingerprint density at radius 1 is 1.00 bits per heavy atom. The van der Waals surface area contributed by atoms with E-state index in [1.54, 1.807) is 61.9 Å². The van der Waals surface area contributed by atoms with Gasteiger partial charge in [0.1, 0.15) is 30.4 Å². The highest BCUT2D eigenvalue weighted by atomic mass is 33.1. The van der Waals surface area contributed by atoms with Crippen molar-refractivity contribution >= 4 is 51.3 Å². The summed E-state index contributed by atoms with van der Waals surface area (Å²) in [6.07, 6.45) is -0.486. The van der Waals surface area contributed by atoms with Gasteiger partial charge < -0.3 is 30.2 Å². The van der Waals surface area contributed by atoms with Gasteiger partial charge in [-0.3, -0.25) is 4.79 Å². The molecule has 16 heteroatoms. The highest BCUT2D eigenvalue weighted by Gasteiger charge is 2.26. The zero-order chi connectivity index (χ0) is 33.2. The van der Waals surface area contributed by atoms with Crippen molar-refractivity contribution in [2.75, 3.05) is 18.9 Å². The fraction of sp³-hybridized carbons (Fsp3) is 0.607. The lowest BCUT2D eigenvalue weighted by atomic mass is 10.1. The predicted octanol–water partition coefficient (Wildman–Crippen LogP) is 5.65. The molecule has 1 aromatic rings. The molecule has 0 aliphatic rings. The van der Waals surface area contributed by atoms with Crippen molar-refractivity contribution in [3.8, 4) is 6.07 Å². The SMILES string of the molecule is CC(C)(C)OC(=O)N[C@@H](CCCCNC(=O)[C@H](CSSC(C)(C)C)NC(=O)OCc1ccc(N=[N+]=[N-])cc1)C(=O)OCC#N. The molecule has 1 rings (SSSR count). The van der Waals surface area contributed by atoms with Crippen LogP contribution in [0.3, 0.4) is 0 Å². The molecule has 14 nitrogen and oxygen atoms in total. The molecule has 0 saturated heterocycles. The summed E-state index contributed by atoms with van der Waals surface area (Å²) in [5.74, 6) is -0.875. The van der Waals surface area contributed by atoms with Gasteiger partial charge in [0.05, 0.1) is 0 Å². The fourth-order valence-electron chi connectivity index (χ4n) is 3.22. The van der Waals surface area contributed by atoms with Gasteiger partial charge in [-0.15, -0.1) is 0 Å². The topological polar surface area (TPSA) is 205 Å². The molecule has 0 bridgehead atoms. The number of hydrogen-bond acceptors (Lipinski definition) is 11. The molecule has 0 radical (unpaired) electrons. The van der Waals surface area contributed by atoms with E-state index in [1.807, 2.05) is 20.8 Å². The molecule has 0 heterocycles. The van der Waals surface area contributed by atoms with E-state index in [0.717, 1.165) is 0 Å². The summed E-state index contributed by atoms with van der Waals surface area (Å²) in [6.45, 7) is 10.9. The molecule has 1 aromatic carbocycles. The van der Waals surface area contributed by atoms with Crippen LogP contribution < -0.4 is 16.0 Å². The smallest absolute Gasteiger partial charge is 0.408 e. The van der Waals surface area contributed by atoms with Crippen molar-refractivity contribution < 1.29 is 33.4 Å². The van der Waals surface area contributed by atoms with Gasteiger partial charge >= 0.3 is 18.2 Å². The number of rotatable bonds is 16. The number of carbonyl (C=O) groups is 4. The second-order valence-corrected chi connectivity index (χ2v) is 14.5. The fourth-order valence-corrected chi connectivity index (χ4v) is 5.68. The number of amides is 3. The third-order valence-electron chi connectivity index (χ3n) is 5.09. The van der Waals surface area contributed by atoms with Crippen LogP contribution in [0.15, 0.2) is 29.4 Å². The number of benzene rings is 1. The third kappa shape index (κ3) is 18.0. The van der Waals surface area contributed by atoms with Gasteiger partial charge in [0.25, 0.3) is 0 Å². The molecule has 0 spiro atoms. The Morgan fingerprint density at radius 3 is 2.25 bits per heavy atom. The highest BCUT2D eigenvalue weighted by molar-refractivity contribution is 8.77.